The lowest BCUT2D eigenvalue weighted by Crippen LogP contribution is -2.42. The van der Waals surface area contributed by atoms with Gasteiger partial charge in [0.25, 0.3) is 0 Å². The molecule has 1 aliphatic carbocycles. The first-order valence-corrected chi connectivity index (χ1v) is 5.58. The van der Waals surface area contributed by atoms with Crippen molar-refractivity contribution in [2.45, 2.75) is 57.6 Å². The van der Waals surface area contributed by atoms with Gasteiger partial charge in [-0.1, -0.05) is 19.8 Å². The van der Waals surface area contributed by atoms with Gasteiger partial charge in [-0.15, -0.1) is 0 Å². The van der Waals surface area contributed by atoms with E-state index in [1.165, 1.54) is 25.7 Å². The van der Waals surface area contributed by atoms with Crippen molar-refractivity contribution in [2.75, 3.05) is 6.61 Å². The Kier molecular flexibility index (Phi) is 2.61. The molecule has 2 rings (SSSR count). The van der Waals surface area contributed by atoms with Gasteiger partial charge in [0, 0.05) is 12.6 Å². The fourth-order valence-electron chi connectivity index (χ4n) is 2.81. The van der Waals surface area contributed by atoms with Gasteiger partial charge in [-0.05, 0) is 31.1 Å². The van der Waals surface area contributed by atoms with Gasteiger partial charge in [0.1, 0.15) is 0 Å². The summed E-state index contributed by atoms with van der Waals surface area (Å²) in [6.07, 6.45) is 8.01. The lowest BCUT2D eigenvalue weighted by atomic mass is 9.78. The molecule has 0 aromatic carbocycles. The van der Waals surface area contributed by atoms with E-state index in [1.54, 1.807) is 0 Å². The summed E-state index contributed by atoms with van der Waals surface area (Å²) in [6.45, 7) is 3.25. The molecule has 1 saturated heterocycles. The maximum Gasteiger partial charge on any atom is 0.0643 e. The molecule has 2 N–H and O–H groups in total. The van der Waals surface area contributed by atoms with Crippen molar-refractivity contribution >= 4 is 0 Å². The first-order chi connectivity index (χ1) is 6.21. The molecule has 0 aromatic rings. The van der Waals surface area contributed by atoms with Gasteiger partial charge < -0.3 is 10.5 Å². The molecule has 13 heavy (non-hydrogen) atoms. The third kappa shape index (κ3) is 1.89. The summed E-state index contributed by atoms with van der Waals surface area (Å²) in [7, 11) is 0. The van der Waals surface area contributed by atoms with Gasteiger partial charge in [-0.25, -0.2) is 0 Å². The third-order valence-electron chi connectivity index (χ3n) is 3.85. The predicted molar refractivity (Wildman–Crippen MR) is 53.5 cm³/mol. The Morgan fingerprint density at radius 3 is 2.62 bits per heavy atom. The van der Waals surface area contributed by atoms with E-state index in [9.17, 15) is 0 Å². The van der Waals surface area contributed by atoms with E-state index in [0.29, 0.717) is 17.6 Å². The van der Waals surface area contributed by atoms with Crippen LogP contribution >= 0.6 is 0 Å². The normalized spacial score (nSPS) is 39.2. The molecule has 2 aliphatic rings. The van der Waals surface area contributed by atoms with Gasteiger partial charge in [0.15, 0.2) is 0 Å². The first kappa shape index (κ1) is 9.47. The van der Waals surface area contributed by atoms with Crippen molar-refractivity contribution in [1.82, 2.24) is 0 Å². The summed E-state index contributed by atoms with van der Waals surface area (Å²) in [4.78, 5) is 0. The summed E-state index contributed by atoms with van der Waals surface area (Å²) in [6, 6.07) is 0.385. The molecule has 2 unspecified atom stereocenters. The summed E-state index contributed by atoms with van der Waals surface area (Å²) < 4.78 is 5.86. The van der Waals surface area contributed by atoms with Crippen molar-refractivity contribution in [2.24, 2.45) is 11.1 Å². The Bertz CT molecular complexity index is 175. The molecular weight excluding hydrogens is 162 g/mol. The summed E-state index contributed by atoms with van der Waals surface area (Å²) in [5.41, 5.74) is 6.41. The SMILES string of the molecule is CC1(C2CC(N)CCO2)CCCC1. The Labute approximate surface area is 80.8 Å². The van der Waals surface area contributed by atoms with Crippen molar-refractivity contribution in [3.63, 3.8) is 0 Å². The van der Waals surface area contributed by atoms with Crippen LogP contribution in [0.25, 0.3) is 0 Å². The van der Waals surface area contributed by atoms with E-state index >= 15 is 0 Å². The van der Waals surface area contributed by atoms with Crippen LogP contribution in [0.1, 0.15) is 45.4 Å². The van der Waals surface area contributed by atoms with Crippen LogP contribution in [-0.2, 0) is 4.74 Å². The first-order valence-electron chi connectivity index (χ1n) is 5.58. The highest BCUT2D eigenvalue weighted by atomic mass is 16.5. The average Bonchev–Trinajstić information content (AvgIpc) is 2.54. The quantitative estimate of drug-likeness (QED) is 0.675. The Morgan fingerprint density at radius 1 is 1.31 bits per heavy atom. The Hall–Kier alpha value is -0.0800. The van der Waals surface area contributed by atoms with Crippen molar-refractivity contribution < 1.29 is 4.74 Å². The van der Waals surface area contributed by atoms with Crippen LogP contribution < -0.4 is 5.73 Å². The number of nitrogens with two attached hydrogens (primary N) is 1. The second-order valence-corrected chi connectivity index (χ2v) is 5.01. The third-order valence-corrected chi connectivity index (χ3v) is 3.85. The van der Waals surface area contributed by atoms with Crippen LogP contribution in [0.3, 0.4) is 0 Å². The lowest BCUT2D eigenvalue weighted by Gasteiger charge is -2.38. The molecule has 0 spiro atoms. The van der Waals surface area contributed by atoms with Crippen LogP contribution in [0.4, 0.5) is 0 Å². The molecule has 0 radical (unpaired) electrons. The minimum absolute atomic E-state index is 0.385. The molecule has 1 heterocycles. The second-order valence-electron chi connectivity index (χ2n) is 5.01. The van der Waals surface area contributed by atoms with Crippen LogP contribution in [0.2, 0.25) is 0 Å². The topological polar surface area (TPSA) is 35.2 Å². The maximum absolute atomic E-state index is 5.97. The average molecular weight is 183 g/mol. The maximum atomic E-state index is 5.97. The zero-order chi connectivity index (χ0) is 9.31. The highest BCUT2D eigenvalue weighted by molar-refractivity contribution is 4.91. The van der Waals surface area contributed by atoms with E-state index < -0.39 is 0 Å². The van der Waals surface area contributed by atoms with Crippen LogP contribution in [0, 0.1) is 5.41 Å². The van der Waals surface area contributed by atoms with Gasteiger partial charge in [-0.2, -0.15) is 0 Å². The number of hydrogen-bond acceptors (Lipinski definition) is 2. The van der Waals surface area contributed by atoms with E-state index in [-0.39, 0.29) is 0 Å². The summed E-state index contributed by atoms with van der Waals surface area (Å²) >= 11 is 0. The molecule has 1 saturated carbocycles. The molecule has 2 heteroatoms. The van der Waals surface area contributed by atoms with E-state index in [0.717, 1.165) is 19.4 Å². The number of hydrogen-bond donors (Lipinski definition) is 1. The molecule has 2 fully saturated rings. The van der Waals surface area contributed by atoms with Crippen molar-refractivity contribution in [1.29, 1.82) is 0 Å². The lowest BCUT2D eigenvalue weighted by molar-refractivity contribution is -0.0649. The van der Waals surface area contributed by atoms with Crippen molar-refractivity contribution in [3.05, 3.63) is 0 Å². The van der Waals surface area contributed by atoms with E-state index in [2.05, 4.69) is 6.92 Å². The standard InChI is InChI=1S/C11H21NO/c1-11(5-2-3-6-11)10-8-9(12)4-7-13-10/h9-10H,2-8,12H2,1H3. The van der Waals surface area contributed by atoms with Crippen LogP contribution in [0.5, 0.6) is 0 Å². The minimum Gasteiger partial charge on any atom is -0.378 e. The zero-order valence-electron chi connectivity index (χ0n) is 8.59. The molecule has 2 atom stereocenters. The zero-order valence-corrected chi connectivity index (χ0v) is 8.59. The number of rotatable bonds is 1. The molecule has 1 aliphatic heterocycles. The largest absolute Gasteiger partial charge is 0.378 e. The molecule has 0 amide bonds. The number of ether oxygens (including phenoxy) is 1. The predicted octanol–water partition coefficient (Wildman–Crippen LogP) is 2.07. The molecule has 2 nitrogen and oxygen atoms in total. The molecular formula is C11H21NO. The van der Waals surface area contributed by atoms with E-state index in [4.69, 9.17) is 10.5 Å². The fourth-order valence-corrected chi connectivity index (χ4v) is 2.81. The smallest absolute Gasteiger partial charge is 0.0643 e. The van der Waals surface area contributed by atoms with Gasteiger partial charge in [0.05, 0.1) is 6.10 Å². The van der Waals surface area contributed by atoms with Crippen LogP contribution in [-0.4, -0.2) is 18.8 Å². The van der Waals surface area contributed by atoms with Crippen LogP contribution in [0.15, 0.2) is 0 Å². The Balaban J connectivity index is 1.98. The summed E-state index contributed by atoms with van der Waals surface area (Å²) in [5, 5.41) is 0. The fraction of sp³-hybridized carbons (Fsp3) is 1.00. The highest BCUT2D eigenvalue weighted by Crippen LogP contribution is 2.44. The Morgan fingerprint density at radius 2 is 2.00 bits per heavy atom. The highest BCUT2D eigenvalue weighted by Gasteiger charge is 2.39. The molecule has 76 valence electrons. The molecule has 0 bridgehead atoms. The van der Waals surface area contributed by atoms with E-state index in [1.807, 2.05) is 0 Å². The monoisotopic (exact) mass is 183 g/mol. The minimum atomic E-state index is 0.385. The van der Waals surface area contributed by atoms with Gasteiger partial charge in [-0.3, -0.25) is 0 Å². The second kappa shape index (κ2) is 3.58. The summed E-state index contributed by atoms with van der Waals surface area (Å²) in [5.74, 6) is 0. The van der Waals surface area contributed by atoms with Crippen molar-refractivity contribution in [3.8, 4) is 0 Å². The van der Waals surface area contributed by atoms with Gasteiger partial charge >= 0.3 is 0 Å². The molecule has 0 aromatic heterocycles. The van der Waals surface area contributed by atoms with Gasteiger partial charge in [0.2, 0.25) is 0 Å².